The van der Waals surface area contributed by atoms with Gasteiger partial charge in [0.15, 0.2) is 23.2 Å². The summed E-state index contributed by atoms with van der Waals surface area (Å²) in [5.41, 5.74) is 0. The number of rotatable bonds is 5. The second-order valence-electron chi connectivity index (χ2n) is 4.11. The number of amides is 1. The number of ether oxygens (including phenoxy) is 3. The lowest BCUT2D eigenvalue weighted by Gasteiger charge is -2.06. The van der Waals surface area contributed by atoms with Gasteiger partial charge >= 0.3 is 5.00 Å². The van der Waals surface area contributed by atoms with Crippen molar-refractivity contribution in [1.82, 2.24) is 4.98 Å². The molecule has 9 nitrogen and oxygen atoms in total. The Bertz CT molecular complexity index is 731. The molecule has 0 aliphatic carbocycles. The Morgan fingerprint density at radius 2 is 2.27 bits per heavy atom. The molecule has 0 fully saturated rings. The number of nitrogens with zero attached hydrogens (tertiary/aromatic N) is 2. The summed E-state index contributed by atoms with van der Waals surface area (Å²) in [6.07, 6.45) is 1.08. The SMILES string of the molecule is O=C(COc1ccc2c(c1)OCO2)Nc1ncc([N+](=O)[O-])s1. The highest BCUT2D eigenvalue weighted by atomic mass is 32.1. The van der Waals surface area contributed by atoms with Crippen LogP contribution < -0.4 is 19.5 Å². The van der Waals surface area contributed by atoms with E-state index in [1.807, 2.05) is 0 Å². The third-order valence-corrected chi connectivity index (χ3v) is 3.50. The average molecular weight is 323 g/mol. The minimum atomic E-state index is -0.573. The van der Waals surface area contributed by atoms with Crippen LogP contribution in [-0.4, -0.2) is 29.2 Å². The molecule has 10 heteroatoms. The minimum Gasteiger partial charge on any atom is -0.484 e. The van der Waals surface area contributed by atoms with Crippen molar-refractivity contribution >= 4 is 27.4 Å². The summed E-state index contributed by atoms with van der Waals surface area (Å²) in [5, 5.41) is 12.9. The highest BCUT2D eigenvalue weighted by Crippen LogP contribution is 2.35. The average Bonchev–Trinajstić information content (AvgIpc) is 3.13. The van der Waals surface area contributed by atoms with Crippen LogP contribution in [-0.2, 0) is 4.79 Å². The van der Waals surface area contributed by atoms with Gasteiger partial charge in [-0.15, -0.1) is 0 Å². The van der Waals surface area contributed by atoms with E-state index < -0.39 is 10.8 Å². The van der Waals surface area contributed by atoms with Gasteiger partial charge in [0, 0.05) is 6.07 Å². The zero-order valence-electron chi connectivity index (χ0n) is 11.0. The summed E-state index contributed by atoms with van der Waals surface area (Å²) < 4.78 is 15.7. The molecule has 2 aromatic rings. The van der Waals surface area contributed by atoms with Crippen LogP contribution in [0, 0.1) is 10.1 Å². The third kappa shape index (κ3) is 3.06. The Hall–Kier alpha value is -2.88. The zero-order chi connectivity index (χ0) is 15.5. The van der Waals surface area contributed by atoms with Crippen LogP contribution in [0.25, 0.3) is 0 Å². The van der Waals surface area contributed by atoms with Crippen molar-refractivity contribution in [3.05, 3.63) is 34.5 Å². The lowest BCUT2D eigenvalue weighted by atomic mass is 10.3. The normalized spacial score (nSPS) is 12.0. The van der Waals surface area contributed by atoms with Crippen LogP contribution in [0.2, 0.25) is 0 Å². The predicted molar refractivity (Wildman–Crippen MR) is 75.5 cm³/mol. The Labute approximate surface area is 127 Å². The van der Waals surface area contributed by atoms with Crippen LogP contribution in [0.1, 0.15) is 0 Å². The number of carbonyl (C=O) groups is 1. The van der Waals surface area contributed by atoms with E-state index in [-0.39, 0.29) is 23.5 Å². The topological polar surface area (TPSA) is 113 Å². The van der Waals surface area contributed by atoms with Gasteiger partial charge in [-0.05, 0) is 23.5 Å². The molecule has 1 N–H and O–H groups in total. The number of hydrogen-bond acceptors (Lipinski definition) is 8. The summed E-state index contributed by atoms with van der Waals surface area (Å²) >= 11 is 0.773. The van der Waals surface area contributed by atoms with Gasteiger partial charge in [-0.25, -0.2) is 4.98 Å². The first-order valence-corrected chi connectivity index (χ1v) is 6.86. The molecule has 1 aromatic heterocycles. The second-order valence-corrected chi connectivity index (χ2v) is 5.12. The summed E-state index contributed by atoms with van der Waals surface area (Å²) in [6, 6.07) is 4.94. The van der Waals surface area contributed by atoms with E-state index in [1.54, 1.807) is 18.2 Å². The maximum Gasteiger partial charge on any atom is 0.345 e. The summed E-state index contributed by atoms with van der Waals surface area (Å²) in [4.78, 5) is 25.4. The van der Waals surface area contributed by atoms with Crippen molar-refractivity contribution in [3.8, 4) is 17.2 Å². The Kier molecular flexibility index (Phi) is 3.74. The quantitative estimate of drug-likeness (QED) is 0.659. The molecule has 114 valence electrons. The van der Waals surface area contributed by atoms with Crippen molar-refractivity contribution in [1.29, 1.82) is 0 Å². The molecule has 0 atom stereocenters. The van der Waals surface area contributed by atoms with E-state index in [2.05, 4.69) is 10.3 Å². The van der Waals surface area contributed by atoms with E-state index in [1.165, 1.54) is 0 Å². The Morgan fingerprint density at radius 1 is 1.45 bits per heavy atom. The van der Waals surface area contributed by atoms with E-state index >= 15 is 0 Å². The van der Waals surface area contributed by atoms with E-state index in [0.29, 0.717) is 17.2 Å². The van der Waals surface area contributed by atoms with Crippen molar-refractivity contribution in [2.24, 2.45) is 0 Å². The van der Waals surface area contributed by atoms with Gasteiger partial charge in [-0.2, -0.15) is 0 Å². The molecule has 1 amide bonds. The number of benzene rings is 1. The standard InChI is InChI=1S/C12H9N3O6S/c16-10(14-12-13-4-11(22-12)15(17)18)5-19-7-1-2-8-9(3-7)21-6-20-8/h1-4H,5-6H2,(H,13,14,16). The fourth-order valence-electron chi connectivity index (χ4n) is 1.68. The van der Waals surface area contributed by atoms with Gasteiger partial charge in [0.05, 0.1) is 4.92 Å². The fraction of sp³-hybridized carbons (Fsp3) is 0.167. The summed E-state index contributed by atoms with van der Waals surface area (Å²) in [6.45, 7) is -0.102. The maximum atomic E-state index is 11.7. The molecule has 0 bridgehead atoms. The van der Waals surface area contributed by atoms with Crippen LogP contribution >= 0.6 is 11.3 Å². The number of thiazole rings is 1. The van der Waals surface area contributed by atoms with Crippen LogP contribution in [0.4, 0.5) is 10.1 Å². The molecule has 3 rings (SSSR count). The molecule has 0 radical (unpaired) electrons. The third-order valence-electron chi connectivity index (χ3n) is 2.63. The number of nitro groups is 1. The van der Waals surface area contributed by atoms with Gasteiger partial charge in [0.25, 0.3) is 5.91 Å². The van der Waals surface area contributed by atoms with Crippen molar-refractivity contribution in [2.75, 3.05) is 18.7 Å². The monoisotopic (exact) mass is 323 g/mol. The second kappa shape index (κ2) is 5.85. The fourth-order valence-corrected chi connectivity index (χ4v) is 2.33. The number of hydrogen-bond donors (Lipinski definition) is 1. The van der Waals surface area contributed by atoms with E-state index in [9.17, 15) is 14.9 Å². The van der Waals surface area contributed by atoms with E-state index in [4.69, 9.17) is 14.2 Å². The van der Waals surface area contributed by atoms with Crippen LogP contribution in [0.5, 0.6) is 17.2 Å². The number of fused-ring (bicyclic) bond motifs is 1. The van der Waals surface area contributed by atoms with Gasteiger partial charge < -0.3 is 14.2 Å². The maximum absolute atomic E-state index is 11.7. The molecule has 2 heterocycles. The first-order chi connectivity index (χ1) is 10.6. The number of carbonyl (C=O) groups excluding carboxylic acids is 1. The smallest absolute Gasteiger partial charge is 0.345 e. The minimum absolute atomic E-state index is 0.144. The zero-order valence-corrected chi connectivity index (χ0v) is 11.8. The van der Waals surface area contributed by atoms with E-state index in [0.717, 1.165) is 17.5 Å². The predicted octanol–water partition coefficient (Wildman–Crippen LogP) is 1.80. The molecule has 22 heavy (non-hydrogen) atoms. The van der Waals surface area contributed by atoms with Gasteiger partial charge in [-0.3, -0.25) is 20.2 Å². The van der Waals surface area contributed by atoms with Gasteiger partial charge in [0.1, 0.15) is 11.9 Å². The Morgan fingerprint density at radius 3 is 3.05 bits per heavy atom. The van der Waals surface area contributed by atoms with Gasteiger partial charge in [0.2, 0.25) is 6.79 Å². The molecule has 1 aliphatic heterocycles. The van der Waals surface area contributed by atoms with Crippen LogP contribution in [0.15, 0.2) is 24.4 Å². The highest BCUT2D eigenvalue weighted by Gasteiger charge is 2.16. The first-order valence-electron chi connectivity index (χ1n) is 6.04. The van der Waals surface area contributed by atoms with Crippen molar-refractivity contribution in [2.45, 2.75) is 0 Å². The number of nitrogens with one attached hydrogen (secondary N) is 1. The summed E-state index contributed by atoms with van der Waals surface area (Å²) in [5.74, 6) is 1.15. The van der Waals surface area contributed by atoms with Gasteiger partial charge in [-0.1, -0.05) is 0 Å². The highest BCUT2D eigenvalue weighted by molar-refractivity contribution is 7.18. The lowest BCUT2D eigenvalue weighted by Crippen LogP contribution is -2.19. The number of aromatic nitrogens is 1. The molecular formula is C12H9N3O6S. The molecule has 0 saturated heterocycles. The van der Waals surface area contributed by atoms with Crippen molar-refractivity contribution < 1.29 is 23.9 Å². The largest absolute Gasteiger partial charge is 0.484 e. The molecule has 1 aliphatic rings. The molecule has 1 aromatic carbocycles. The molecule has 0 saturated carbocycles. The van der Waals surface area contributed by atoms with Crippen molar-refractivity contribution in [3.63, 3.8) is 0 Å². The van der Waals surface area contributed by atoms with Crippen LogP contribution in [0.3, 0.4) is 0 Å². The lowest BCUT2D eigenvalue weighted by molar-refractivity contribution is -0.380. The first kappa shape index (κ1) is 14.1. The Balaban J connectivity index is 1.54. The molecular weight excluding hydrogens is 314 g/mol. The molecule has 0 spiro atoms. The molecule has 0 unspecified atom stereocenters. The number of anilines is 1. The summed E-state index contributed by atoms with van der Waals surface area (Å²) in [7, 11) is 0.